The number of rotatable bonds is 3. The normalized spacial score (nSPS) is 17.0. The number of aromatic amines is 1. The zero-order valence-corrected chi connectivity index (χ0v) is 15.1. The van der Waals surface area contributed by atoms with Gasteiger partial charge in [-0.2, -0.15) is 5.10 Å². The van der Waals surface area contributed by atoms with Crippen molar-refractivity contribution in [2.24, 2.45) is 5.92 Å². The summed E-state index contributed by atoms with van der Waals surface area (Å²) in [7, 11) is 0. The number of benzene rings is 1. The van der Waals surface area contributed by atoms with Gasteiger partial charge in [0.05, 0.1) is 12.2 Å². The second kappa shape index (κ2) is 6.37. The van der Waals surface area contributed by atoms with Crippen molar-refractivity contribution in [1.82, 2.24) is 19.7 Å². The molecule has 0 spiro atoms. The molecular weight excluding hydrogens is 340 g/mol. The molecule has 1 aromatic carbocycles. The molecule has 5 rings (SSSR count). The van der Waals surface area contributed by atoms with E-state index in [0.717, 1.165) is 47.8 Å². The van der Waals surface area contributed by atoms with Gasteiger partial charge in [-0.3, -0.25) is 9.59 Å². The molecular formula is C21H22N4O2. The first-order chi connectivity index (χ1) is 13.2. The Hall–Kier alpha value is -2.89. The molecule has 0 unspecified atom stereocenters. The summed E-state index contributed by atoms with van der Waals surface area (Å²) in [5.74, 6) is 0.344. The molecule has 1 fully saturated rings. The fraction of sp³-hybridized carbons (Fsp3) is 0.381. The Kier molecular flexibility index (Phi) is 3.85. The van der Waals surface area contributed by atoms with Crippen molar-refractivity contribution in [2.45, 2.75) is 32.2 Å². The number of carbonyl (C=O) groups excluding carboxylic acids is 1. The minimum Gasteiger partial charge on any atom is -0.361 e. The standard InChI is InChI=1S/C21H22N4O2/c26-20-10-15-3-1-2-4-19(15)23-25(20)13-14-11-24(12-14)21(27)17-5-6-18-16(9-17)7-8-22-18/h5-10,14,22H,1-4,11-13H2. The van der Waals surface area contributed by atoms with Gasteiger partial charge in [0, 0.05) is 47.7 Å². The van der Waals surface area contributed by atoms with E-state index in [2.05, 4.69) is 10.1 Å². The molecule has 6 heteroatoms. The predicted octanol–water partition coefficient (Wildman–Crippen LogP) is 2.38. The van der Waals surface area contributed by atoms with E-state index in [1.54, 1.807) is 10.7 Å². The molecule has 1 saturated heterocycles. The number of nitrogens with one attached hydrogen (secondary N) is 1. The van der Waals surface area contributed by atoms with Crippen molar-refractivity contribution < 1.29 is 4.79 Å². The Morgan fingerprint density at radius 3 is 2.89 bits per heavy atom. The largest absolute Gasteiger partial charge is 0.361 e. The Bertz CT molecular complexity index is 1080. The molecule has 1 N–H and O–H groups in total. The van der Waals surface area contributed by atoms with Gasteiger partial charge >= 0.3 is 0 Å². The van der Waals surface area contributed by atoms with E-state index in [1.807, 2.05) is 35.4 Å². The van der Waals surface area contributed by atoms with Crippen LogP contribution in [0.3, 0.4) is 0 Å². The summed E-state index contributed by atoms with van der Waals surface area (Å²) in [5, 5.41) is 5.63. The molecule has 2 aliphatic rings. The topological polar surface area (TPSA) is 71.0 Å². The third kappa shape index (κ3) is 2.95. The summed E-state index contributed by atoms with van der Waals surface area (Å²) >= 11 is 0. The van der Waals surface area contributed by atoms with Gasteiger partial charge in [0.25, 0.3) is 11.5 Å². The van der Waals surface area contributed by atoms with Crippen molar-refractivity contribution in [2.75, 3.05) is 13.1 Å². The molecule has 0 atom stereocenters. The number of hydrogen-bond acceptors (Lipinski definition) is 3. The van der Waals surface area contributed by atoms with Gasteiger partial charge in [-0.1, -0.05) is 0 Å². The number of fused-ring (bicyclic) bond motifs is 2. The van der Waals surface area contributed by atoms with Crippen molar-refractivity contribution in [3.8, 4) is 0 Å². The van der Waals surface area contributed by atoms with E-state index in [-0.39, 0.29) is 17.4 Å². The second-order valence-electron chi connectivity index (χ2n) is 7.70. The highest BCUT2D eigenvalue weighted by Crippen LogP contribution is 2.23. The summed E-state index contributed by atoms with van der Waals surface area (Å²) < 4.78 is 1.60. The van der Waals surface area contributed by atoms with E-state index in [4.69, 9.17) is 0 Å². The van der Waals surface area contributed by atoms with E-state index in [1.165, 1.54) is 0 Å². The van der Waals surface area contributed by atoms with Crippen LogP contribution >= 0.6 is 0 Å². The zero-order valence-electron chi connectivity index (χ0n) is 15.1. The number of aromatic nitrogens is 3. The van der Waals surface area contributed by atoms with Crippen LogP contribution in [-0.4, -0.2) is 38.7 Å². The van der Waals surface area contributed by atoms with Crippen molar-refractivity contribution >= 4 is 16.8 Å². The molecule has 1 aliphatic carbocycles. The molecule has 2 aromatic heterocycles. The smallest absolute Gasteiger partial charge is 0.267 e. The molecule has 27 heavy (non-hydrogen) atoms. The number of amides is 1. The molecule has 138 valence electrons. The van der Waals surface area contributed by atoms with Crippen LogP contribution < -0.4 is 5.56 Å². The predicted molar refractivity (Wildman–Crippen MR) is 103 cm³/mol. The van der Waals surface area contributed by atoms with E-state index in [0.29, 0.717) is 25.2 Å². The Morgan fingerprint density at radius 1 is 1.15 bits per heavy atom. The minimum atomic E-state index is -0.0154. The van der Waals surface area contributed by atoms with Crippen molar-refractivity contribution in [1.29, 1.82) is 0 Å². The van der Waals surface area contributed by atoms with Crippen LogP contribution in [0.25, 0.3) is 10.9 Å². The molecule has 0 saturated carbocycles. The maximum absolute atomic E-state index is 12.7. The van der Waals surface area contributed by atoms with Gasteiger partial charge in [0.15, 0.2) is 0 Å². The highest BCUT2D eigenvalue weighted by molar-refractivity contribution is 5.98. The van der Waals surface area contributed by atoms with Gasteiger partial charge in [-0.25, -0.2) is 4.68 Å². The average molecular weight is 362 g/mol. The lowest BCUT2D eigenvalue weighted by Gasteiger charge is -2.39. The van der Waals surface area contributed by atoms with Gasteiger partial charge in [0.1, 0.15) is 0 Å². The molecule has 0 radical (unpaired) electrons. The molecule has 3 heterocycles. The van der Waals surface area contributed by atoms with E-state index < -0.39 is 0 Å². The van der Waals surface area contributed by atoms with E-state index >= 15 is 0 Å². The Balaban J connectivity index is 1.25. The average Bonchev–Trinajstić information content (AvgIpc) is 3.11. The van der Waals surface area contributed by atoms with E-state index in [9.17, 15) is 9.59 Å². The summed E-state index contributed by atoms with van der Waals surface area (Å²) in [5.41, 5.74) is 3.93. The third-order valence-electron chi connectivity index (χ3n) is 5.75. The van der Waals surface area contributed by atoms with Crippen molar-refractivity contribution in [3.05, 3.63) is 63.7 Å². The highest BCUT2D eigenvalue weighted by atomic mass is 16.2. The van der Waals surface area contributed by atoms with Gasteiger partial charge in [-0.05, 0) is 55.5 Å². The first-order valence-corrected chi connectivity index (χ1v) is 9.64. The van der Waals surface area contributed by atoms with Crippen LogP contribution in [-0.2, 0) is 19.4 Å². The second-order valence-corrected chi connectivity index (χ2v) is 7.70. The Morgan fingerprint density at radius 2 is 2.00 bits per heavy atom. The maximum atomic E-state index is 12.7. The molecule has 1 aliphatic heterocycles. The maximum Gasteiger partial charge on any atom is 0.267 e. The number of hydrogen-bond donors (Lipinski definition) is 1. The summed E-state index contributed by atoms with van der Waals surface area (Å²) in [6.07, 6.45) is 6.10. The SMILES string of the molecule is O=C(c1ccc2[nH]ccc2c1)N1CC(Cn2nc3c(cc2=O)CCCC3)C1. The van der Waals surface area contributed by atoms with Crippen LogP contribution in [0, 0.1) is 5.92 Å². The van der Waals surface area contributed by atoms with Crippen LogP contribution in [0.4, 0.5) is 0 Å². The lowest BCUT2D eigenvalue weighted by atomic mass is 9.96. The summed E-state index contributed by atoms with van der Waals surface area (Å²) in [6, 6.07) is 9.46. The Labute approximate surface area is 156 Å². The molecule has 0 bridgehead atoms. The minimum absolute atomic E-state index is 0.0154. The molecule has 3 aromatic rings. The van der Waals surface area contributed by atoms with Crippen LogP contribution in [0.1, 0.15) is 34.5 Å². The van der Waals surface area contributed by atoms with Crippen LogP contribution in [0.5, 0.6) is 0 Å². The first-order valence-electron chi connectivity index (χ1n) is 9.64. The van der Waals surface area contributed by atoms with Gasteiger partial charge < -0.3 is 9.88 Å². The van der Waals surface area contributed by atoms with Gasteiger partial charge in [-0.15, -0.1) is 0 Å². The zero-order chi connectivity index (χ0) is 18.4. The number of nitrogens with zero attached hydrogens (tertiary/aromatic N) is 3. The molecule has 6 nitrogen and oxygen atoms in total. The highest BCUT2D eigenvalue weighted by Gasteiger charge is 2.32. The fourth-order valence-electron chi connectivity index (χ4n) is 4.20. The number of carbonyl (C=O) groups is 1. The quantitative estimate of drug-likeness (QED) is 0.778. The number of aryl methyl sites for hydroxylation is 2. The summed E-state index contributed by atoms with van der Waals surface area (Å²) in [4.78, 5) is 30.0. The number of likely N-dealkylation sites (tertiary alicyclic amines) is 1. The third-order valence-corrected chi connectivity index (χ3v) is 5.75. The fourth-order valence-corrected chi connectivity index (χ4v) is 4.20. The number of H-pyrrole nitrogens is 1. The first kappa shape index (κ1) is 16.3. The summed E-state index contributed by atoms with van der Waals surface area (Å²) in [6.45, 7) is 1.94. The lowest BCUT2D eigenvalue weighted by molar-refractivity contribution is 0.0458. The monoisotopic (exact) mass is 362 g/mol. The van der Waals surface area contributed by atoms with Gasteiger partial charge in [0.2, 0.25) is 0 Å². The van der Waals surface area contributed by atoms with Crippen LogP contribution in [0.15, 0.2) is 41.3 Å². The van der Waals surface area contributed by atoms with Crippen LogP contribution in [0.2, 0.25) is 0 Å². The molecule has 1 amide bonds. The van der Waals surface area contributed by atoms with Crippen molar-refractivity contribution in [3.63, 3.8) is 0 Å². The lowest BCUT2D eigenvalue weighted by Crippen LogP contribution is -2.52.